The molecule has 1 aliphatic rings. The van der Waals surface area contributed by atoms with Gasteiger partial charge in [0.2, 0.25) is 5.91 Å². The summed E-state index contributed by atoms with van der Waals surface area (Å²) in [7, 11) is 1.75. The maximum Gasteiger partial charge on any atom is 0.311 e. The average Bonchev–Trinajstić information content (AvgIpc) is 2.38. The van der Waals surface area contributed by atoms with Crippen molar-refractivity contribution in [2.75, 3.05) is 20.1 Å². The van der Waals surface area contributed by atoms with Crippen molar-refractivity contribution >= 4 is 11.9 Å². The van der Waals surface area contributed by atoms with Crippen molar-refractivity contribution in [2.24, 2.45) is 5.41 Å². The lowest BCUT2D eigenvalue weighted by molar-refractivity contribution is -0.156. The van der Waals surface area contributed by atoms with E-state index < -0.39 is 16.9 Å². The zero-order valence-electron chi connectivity index (χ0n) is 12.5. The van der Waals surface area contributed by atoms with Gasteiger partial charge < -0.3 is 15.3 Å². The van der Waals surface area contributed by atoms with Gasteiger partial charge in [-0.05, 0) is 40.2 Å². The van der Waals surface area contributed by atoms with Crippen molar-refractivity contribution in [1.82, 2.24) is 10.2 Å². The summed E-state index contributed by atoms with van der Waals surface area (Å²) in [5.41, 5.74) is -1.40. The highest BCUT2D eigenvalue weighted by Gasteiger charge is 2.44. The predicted octanol–water partition coefficient (Wildman–Crippen LogP) is 1.48. The molecule has 1 aliphatic heterocycles. The van der Waals surface area contributed by atoms with E-state index in [1.54, 1.807) is 11.9 Å². The normalized spacial score (nSPS) is 24.3. The van der Waals surface area contributed by atoms with Crippen LogP contribution in [0.1, 0.15) is 46.5 Å². The number of likely N-dealkylation sites (tertiary alicyclic amines) is 1. The number of nitrogens with zero attached hydrogens (tertiary/aromatic N) is 1. The molecule has 5 nitrogen and oxygen atoms in total. The van der Waals surface area contributed by atoms with Crippen LogP contribution in [0.3, 0.4) is 0 Å². The Bertz CT molecular complexity index is 351. The summed E-state index contributed by atoms with van der Waals surface area (Å²) < 4.78 is 0. The van der Waals surface area contributed by atoms with Crippen LogP contribution in [-0.2, 0) is 9.59 Å². The number of amides is 1. The average molecular weight is 270 g/mol. The van der Waals surface area contributed by atoms with E-state index >= 15 is 0 Å². The number of likely N-dealkylation sites (N-methyl/N-ethyl adjacent to an activating group) is 1. The molecule has 110 valence electrons. The van der Waals surface area contributed by atoms with Gasteiger partial charge in [-0.2, -0.15) is 0 Å². The number of carbonyl (C=O) groups excluding carboxylic acids is 1. The molecule has 1 saturated heterocycles. The highest BCUT2D eigenvalue weighted by Crippen LogP contribution is 2.35. The highest BCUT2D eigenvalue weighted by atomic mass is 16.4. The molecule has 19 heavy (non-hydrogen) atoms. The number of carbonyl (C=O) groups is 2. The van der Waals surface area contributed by atoms with Crippen LogP contribution >= 0.6 is 0 Å². The number of aliphatic carboxylic acids is 1. The molecular weight excluding hydrogens is 244 g/mol. The molecule has 0 spiro atoms. The molecule has 1 rings (SSSR count). The Morgan fingerprint density at radius 3 is 2.53 bits per heavy atom. The number of piperidine rings is 1. The van der Waals surface area contributed by atoms with Crippen LogP contribution in [-0.4, -0.2) is 47.6 Å². The molecule has 0 bridgehead atoms. The Kier molecular flexibility index (Phi) is 4.96. The Morgan fingerprint density at radius 1 is 1.42 bits per heavy atom. The van der Waals surface area contributed by atoms with Crippen LogP contribution < -0.4 is 5.32 Å². The minimum Gasteiger partial charge on any atom is -0.481 e. The molecule has 1 amide bonds. The summed E-state index contributed by atoms with van der Waals surface area (Å²) in [6.07, 6.45) is 2.88. The van der Waals surface area contributed by atoms with Gasteiger partial charge in [-0.3, -0.25) is 9.59 Å². The lowest BCUT2D eigenvalue weighted by Gasteiger charge is -2.42. The lowest BCUT2D eigenvalue weighted by Crippen LogP contribution is -2.58. The molecule has 0 radical (unpaired) electrons. The van der Waals surface area contributed by atoms with E-state index in [9.17, 15) is 14.7 Å². The van der Waals surface area contributed by atoms with Gasteiger partial charge >= 0.3 is 5.97 Å². The first-order chi connectivity index (χ1) is 8.79. The first-order valence-electron chi connectivity index (χ1n) is 7.01. The maximum atomic E-state index is 12.4. The van der Waals surface area contributed by atoms with E-state index in [0.717, 1.165) is 12.8 Å². The summed E-state index contributed by atoms with van der Waals surface area (Å²) in [5.74, 6) is -0.787. The van der Waals surface area contributed by atoms with Gasteiger partial charge in [-0.15, -0.1) is 0 Å². The zero-order valence-corrected chi connectivity index (χ0v) is 12.5. The van der Waals surface area contributed by atoms with Crippen LogP contribution in [0.4, 0.5) is 0 Å². The molecule has 0 aliphatic carbocycles. The van der Waals surface area contributed by atoms with Crippen molar-refractivity contribution in [3.8, 4) is 0 Å². The number of carboxylic acid groups (broad SMARTS) is 1. The highest BCUT2D eigenvalue weighted by molar-refractivity contribution is 5.86. The summed E-state index contributed by atoms with van der Waals surface area (Å²) in [6, 6.07) is 0. The van der Waals surface area contributed by atoms with Crippen molar-refractivity contribution in [3.63, 3.8) is 0 Å². The van der Waals surface area contributed by atoms with Crippen LogP contribution in [0.25, 0.3) is 0 Å². The lowest BCUT2D eigenvalue weighted by atomic mass is 9.76. The molecule has 0 aromatic heterocycles. The Labute approximate surface area is 115 Å². The van der Waals surface area contributed by atoms with E-state index in [2.05, 4.69) is 5.32 Å². The maximum absolute atomic E-state index is 12.4. The monoisotopic (exact) mass is 270 g/mol. The van der Waals surface area contributed by atoms with Crippen LogP contribution in [0, 0.1) is 5.41 Å². The van der Waals surface area contributed by atoms with E-state index in [1.807, 2.05) is 20.8 Å². The van der Waals surface area contributed by atoms with Gasteiger partial charge in [0.15, 0.2) is 0 Å². The van der Waals surface area contributed by atoms with Gasteiger partial charge in [0.1, 0.15) is 0 Å². The molecule has 1 heterocycles. The fourth-order valence-corrected chi connectivity index (χ4v) is 2.77. The van der Waals surface area contributed by atoms with Crippen molar-refractivity contribution in [2.45, 2.75) is 52.0 Å². The number of hydrogen-bond donors (Lipinski definition) is 2. The van der Waals surface area contributed by atoms with Crippen molar-refractivity contribution in [3.05, 3.63) is 0 Å². The minimum absolute atomic E-state index is 0.0172. The van der Waals surface area contributed by atoms with E-state index in [0.29, 0.717) is 25.9 Å². The standard InChI is InChI=1S/C14H26N2O3/c1-5-7-14(12(18)19)8-6-9-16(10-14)11(17)13(2,3)15-4/h15H,5-10H2,1-4H3,(H,18,19). The minimum atomic E-state index is -0.769. The second-order valence-electron chi connectivity index (χ2n) is 6.04. The topological polar surface area (TPSA) is 69.6 Å². The van der Waals surface area contributed by atoms with Gasteiger partial charge in [-0.1, -0.05) is 13.3 Å². The van der Waals surface area contributed by atoms with Crippen LogP contribution in [0.15, 0.2) is 0 Å². The number of nitrogens with one attached hydrogen (secondary N) is 1. The molecule has 1 unspecified atom stereocenters. The fraction of sp³-hybridized carbons (Fsp3) is 0.857. The number of carboxylic acids is 1. The molecule has 0 aromatic rings. The van der Waals surface area contributed by atoms with Crippen LogP contribution in [0.5, 0.6) is 0 Å². The van der Waals surface area contributed by atoms with E-state index in [-0.39, 0.29) is 5.91 Å². The Morgan fingerprint density at radius 2 is 2.05 bits per heavy atom. The number of rotatable bonds is 5. The quantitative estimate of drug-likeness (QED) is 0.794. The van der Waals surface area contributed by atoms with Crippen molar-refractivity contribution < 1.29 is 14.7 Å². The number of hydrogen-bond acceptors (Lipinski definition) is 3. The first kappa shape index (κ1) is 16.0. The third-order valence-electron chi connectivity index (χ3n) is 4.21. The fourth-order valence-electron chi connectivity index (χ4n) is 2.77. The van der Waals surface area contributed by atoms with E-state index in [1.165, 1.54) is 0 Å². The second-order valence-corrected chi connectivity index (χ2v) is 6.04. The second kappa shape index (κ2) is 5.90. The summed E-state index contributed by atoms with van der Waals surface area (Å²) >= 11 is 0. The Hall–Kier alpha value is -1.10. The third kappa shape index (κ3) is 3.26. The molecule has 0 saturated carbocycles. The van der Waals surface area contributed by atoms with Gasteiger partial charge in [0.25, 0.3) is 0 Å². The molecule has 1 fully saturated rings. The van der Waals surface area contributed by atoms with Crippen molar-refractivity contribution in [1.29, 1.82) is 0 Å². The predicted molar refractivity (Wildman–Crippen MR) is 73.9 cm³/mol. The smallest absolute Gasteiger partial charge is 0.311 e. The SMILES string of the molecule is CCCC1(C(=O)O)CCCN(C(=O)C(C)(C)NC)C1. The summed E-state index contributed by atoms with van der Waals surface area (Å²) in [4.78, 5) is 25.7. The first-order valence-corrected chi connectivity index (χ1v) is 7.01. The molecular formula is C14H26N2O3. The zero-order chi connectivity index (χ0) is 14.7. The van der Waals surface area contributed by atoms with Gasteiger partial charge in [0.05, 0.1) is 11.0 Å². The Balaban J connectivity index is 2.89. The summed E-state index contributed by atoms with van der Waals surface area (Å²) in [6.45, 7) is 6.63. The van der Waals surface area contributed by atoms with Gasteiger partial charge in [-0.25, -0.2) is 0 Å². The van der Waals surface area contributed by atoms with Gasteiger partial charge in [0, 0.05) is 13.1 Å². The largest absolute Gasteiger partial charge is 0.481 e. The third-order valence-corrected chi connectivity index (χ3v) is 4.21. The molecule has 0 aromatic carbocycles. The molecule has 5 heteroatoms. The van der Waals surface area contributed by atoms with Crippen LogP contribution in [0.2, 0.25) is 0 Å². The summed E-state index contributed by atoms with van der Waals surface area (Å²) in [5, 5.41) is 12.5. The van der Waals surface area contributed by atoms with E-state index in [4.69, 9.17) is 0 Å². The molecule has 1 atom stereocenters. The molecule has 2 N–H and O–H groups in total.